The third-order valence-electron chi connectivity index (χ3n) is 3.65. The fourth-order valence-corrected chi connectivity index (χ4v) is 5.05. The zero-order valence-electron chi connectivity index (χ0n) is 12.3. The Balaban J connectivity index is 1.98. The number of benzene rings is 1. The van der Waals surface area contributed by atoms with E-state index in [1.807, 2.05) is 6.07 Å². The maximum Gasteiger partial charge on any atom is 0.345 e. The summed E-state index contributed by atoms with van der Waals surface area (Å²) in [5, 5.41) is 9.01. The van der Waals surface area contributed by atoms with Crippen molar-refractivity contribution in [3.05, 3.63) is 45.1 Å². The van der Waals surface area contributed by atoms with E-state index in [2.05, 4.69) is 4.72 Å². The molecule has 0 amide bonds. The maximum absolute atomic E-state index is 12.6. The molecule has 0 spiro atoms. The number of sulfonamides is 1. The molecule has 8 heteroatoms. The van der Waals surface area contributed by atoms with Crippen LogP contribution in [0.25, 0.3) is 0 Å². The predicted octanol–water partition coefficient (Wildman–Crippen LogP) is 2.63. The number of rotatable bonds is 4. The number of anilines is 1. The molecule has 2 aromatic rings. The molecule has 0 radical (unpaired) electrons. The summed E-state index contributed by atoms with van der Waals surface area (Å²) in [4.78, 5) is 11.5. The Labute approximate surface area is 137 Å². The molecule has 0 bridgehead atoms. The van der Waals surface area contributed by atoms with Crippen molar-refractivity contribution in [3.8, 4) is 0 Å². The van der Waals surface area contributed by atoms with Crippen molar-refractivity contribution >= 4 is 33.0 Å². The van der Waals surface area contributed by atoms with Crippen LogP contribution < -0.4 is 4.72 Å². The first kappa shape index (κ1) is 16.0. The lowest BCUT2D eigenvalue weighted by Crippen LogP contribution is -2.18. The van der Waals surface area contributed by atoms with E-state index in [9.17, 15) is 13.2 Å². The number of aromatic carboxylic acids is 1. The normalized spacial score (nSPS) is 14.3. The highest BCUT2D eigenvalue weighted by atomic mass is 32.2. The summed E-state index contributed by atoms with van der Waals surface area (Å²) in [6.07, 6.45) is 0.742. The molecule has 122 valence electrons. The predicted molar refractivity (Wildman–Crippen MR) is 86.6 cm³/mol. The van der Waals surface area contributed by atoms with Gasteiger partial charge in [0.15, 0.2) is 0 Å². The number of carbonyl (C=O) groups is 1. The summed E-state index contributed by atoms with van der Waals surface area (Å²) < 4.78 is 33.2. The molecule has 1 aliphatic rings. The smallest absolute Gasteiger partial charge is 0.345 e. The van der Waals surface area contributed by atoms with E-state index in [0.717, 1.165) is 28.9 Å². The van der Waals surface area contributed by atoms with Crippen LogP contribution in [0.1, 0.15) is 25.7 Å². The minimum atomic E-state index is -3.85. The Bertz CT molecular complexity index is 870. The van der Waals surface area contributed by atoms with Crippen LogP contribution in [0.4, 0.5) is 5.69 Å². The number of hydrogen-bond donors (Lipinski definition) is 2. The highest BCUT2D eigenvalue weighted by Gasteiger charge is 2.24. The van der Waals surface area contributed by atoms with Gasteiger partial charge in [0.25, 0.3) is 10.0 Å². The van der Waals surface area contributed by atoms with Gasteiger partial charge in [-0.25, -0.2) is 13.2 Å². The molecule has 1 aromatic carbocycles. The standard InChI is InChI=1S/C15H15NO5S2/c1-9-14(7-13(22-9)15(17)18)23(19,20)16-12-4-2-3-10-5-6-21-8-11(10)12/h2-4,7,16H,5-6,8H2,1H3,(H,17,18). The number of aryl methyl sites for hydroxylation is 1. The van der Waals surface area contributed by atoms with Crippen LogP contribution in [-0.4, -0.2) is 26.1 Å². The Kier molecular flexibility index (Phi) is 4.13. The molecule has 0 atom stereocenters. The Morgan fingerprint density at radius 3 is 2.87 bits per heavy atom. The fraction of sp³-hybridized carbons (Fsp3) is 0.267. The SMILES string of the molecule is Cc1sc(C(=O)O)cc1S(=O)(=O)Nc1cccc2c1COCC2. The number of ether oxygens (including phenoxy) is 1. The minimum absolute atomic E-state index is 0.00120. The van der Waals surface area contributed by atoms with Crippen molar-refractivity contribution in [2.45, 2.75) is 24.8 Å². The van der Waals surface area contributed by atoms with Gasteiger partial charge in [0.1, 0.15) is 9.77 Å². The molecule has 23 heavy (non-hydrogen) atoms. The summed E-state index contributed by atoms with van der Waals surface area (Å²) in [6, 6.07) is 6.63. The number of carboxylic acids is 1. The first-order valence-corrected chi connectivity index (χ1v) is 9.23. The van der Waals surface area contributed by atoms with Crippen molar-refractivity contribution in [1.29, 1.82) is 0 Å². The molecule has 0 unspecified atom stereocenters. The number of fused-ring (bicyclic) bond motifs is 1. The Morgan fingerprint density at radius 1 is 1.39 bits per heavy atom. The zero-order valence-corrected chi connectivity index (χ0v) is 14.0. The van der Waals surface area contributed by atoms with Crippen LogP contribution in [0.2, 0.25) is 0 Å². The van der Waals surface area contributed by atoms with Crippen molar-refractivity contribution < 1.29 is 23.1 Å². The van der Waals surface area contributed by atoms with Gasteiger partial charge in [-0.15, -0.1) is 11.3 Å². The van der Waals surface area contributed by atoms with Gasteiger partial charge in [0.05, 0.1) is 18.9 Å². The summed E-state index contributed by atoms with van der Waals surface area (Å²) in [7, 11) is -3.85. The molecular weight excluding hydrogens is 338 g/mol. The van der Waals surface area contributed by atoms with Crippen LogP contribution in [-0.2, 0) is 27.8 Å². The van der Waals surface area contributed by atoms with Gasteiger partial charge < -0.3 is 9.84 Å². The van der Waals surface area contributed by atoms with E-state index in [-0.39, 0.29) is 9.77 Å². The van der Waals surface area contributed by atoms with E-state index in [4.69, 9.17) is 9.84 Å². The quantitative estimate of drug-likeness (QED) is 0.881. The second-order valence-electron chi connectivity index (χ2n) is 5.19. The second kappa shape index (κ2) is 5.95. The lowest BCUT2D eigenvalue weighted by atomic mass is 10.0. The molecule has 0 aliphatic carbocycles. The van der Waals surface area contributed by atoms with Crippen LogP contribution in [0.5, 0.6) is 0 Å². The molecule has 0 fully saturated rings. The molecule has 1 aromatic heterocycles. The Morgan fingerprint density at radius 2 is 2.17 bits per heavy atom. The van der Waals surface area contributed by atoms with Crippen LogP contribution >= 0.6 is 11.3 Å². The molecule has 2 N–H and O–H groups in total. The van der Waals surface area contributed by atoms with E-state index >= 15 is 0 Å². The molecule has 0 saturated heterocycles. The topological polar surface area (TPSA) is 92.7 Å². The van der Waals surface area contributed by atoms with Crippen LogP contribution in [0, 0.1) is 6.92 Å². The number of hydrogen-bond acceptors (Lipinski definition) is 5. The van der Waals surface area contributed by atoms with Crippen molar-refractivity contribution in [3.63, 3.8) is 0 Å². The van der Waals surface area contributed by atoms with E-state index in [0.29, 0.717) is 23.8 Å². The van der Waals surface area contributed by atoms with Crippen LogP contribution in [0.3, 0.4) is 0 Å². The van der Waals surface area contributed by atoms with Gasteiger partial charge in [-0.2, -0.15) is 0 Å². The molecule has 3 rings (SSSR count). The third-order valence-corrected chi connectivity index (χ3v) is 6.31. The lowest BCUT2D eigenvalue weighted by molar-refractivity contribution is 0.0702. The van der Waals surface area contributed by atoms with Gasteiger partial charge in [-0.05, 0) is 31.0 Å². The summed E-state index contributed by atoms with van der Waals surface area (Å²) in [6.45, 7) is 2.57. The average molecular weight is 353 g/mol. The number of thiophene rings is 1. The molecule has 0 saturated carbocycles. The summed E-state index contributed by atoms with van der Waals surface area (Å²) in [5.74, 6) is -1.13. The first-order valence-electron chi connectivity index (χ1n) is 6.93. The number of carboxylic acid groups (broad SMARTS) is 1. The first-order chi connectivity index (χ1) is 10.9. The monoisotopic (exact) mass is 353 g/mol. The zero-order chi connectivity index (χ0) is 16.6. The van der Waals surface area contributed by atoms with Crippen molar-refractivity contribution in [1.82, 2.24) is 0 Å². The highest BCUT2D eigenvalue weighted by molar-refractivity contribution is 7.93. The molecule has 2 heterocycles. The van der Waals surface area contributed by atoms with Gasteiger partial charge >= 0.3 is 5.97 Å². The number of nitrogens with one attached hydrogen (secondary N) is 1. The molecule has 6 nitrogen and oxygen atoms in total. The molecular formula is C15H15NO5S2. The van der Waals surface area contributed by atoms with E-state index in [1.165, 1.54) is 6.07 Å². The summed E-state index contributed by atoms with van der Waals surface area (Å²) in [5.41, 5.74) is 2.36. The Hall–Kier alpha value is -1.90. The second-order valence-corrected chi connectivity index (χ2v) is 8.09. The van der Waals surface area contributed by atoms with Crippen LogP contribution in [0.15, 0.2) is 29.2 Å². The largest absolute Gasteiger partial charge is 0.477 e. The fourth-order valence-electron chi connectivity index (χ4n) is 2.53. The van der Waals surface area contributed by atoms with E-state index in [1.54, 1.807) is 19.1 Å². The minimum Gasteiger partial charge on any atom is -0.477 e. The molecule has 1 aliphatic heterocycles. The van der Waals surface area contributed by atoms with E-state index < -0.39 is 16.0 Å². The average Bonchev–Trinajstić information content (AvgIpc) is 2.90. The lowest BCUT2D eigenvalue weighted by Gasteiger charge is -2.20. The van der Waals surface area contributed by atoms with Gasteiger partial charge in [-0.3, -0.25) is 4.72 Å². The third kappa shape index (κ3) is 3.10. The van der Waals surface area contributed by atoms with Gasteiger partial charge in [-0.1, -0.05) is 12.1 Å². The summed E-state index contributed by atoms with van der Waals surface area (Å²) >= 11 is 0.945. The van der Waals surface area contributed by atoms with Crippen molar-refractivity contribution in [2.75, 3.05) is 11.3 Å². The van der Waals surface area contributed by atoms with Gasteiger partial charge in [0.2, 0.25) is 0 Å². The maximum atomic E-state index is 12.6. The van der Waals surface area contributed by atoms with Gasteiger partial charge in [0, 0.05) is 10.4 Å². The highest BCUT2D eigenvalue weighted by Crippen LogP contribution is 2.30. The van der Waals surface area contributed by atoms with Crippen molar-refractivity contribution in [2.24, 2.45) is 0 Å².